The van der Waals surface area contributed by atoms with Crippen LogP contribution in [-0.2, 0) is 14.3 Å². The molecule has 1 aliphatic carbocycles. The van der Waals surface area contributed by atoms with Crippen LogP contribution in [-0.4, -0.2) is 52.5 Å². The first-order valence-electron chi connectivity index (χ1n) is 10.8. The Balaban J connectivity index is 1.73. The summed E-state index contributed by atoms with van der Waals surface area (Å²) >= 11 is 5.79. The maximum Gasteiger partial charge on any atom is 0.310 e. The number of alkyl halides is 1. The van der Waals surface area contributed by atoms with Crippen molar-refractivity contribution in [3.8, 4) is 28.7 Å². The Kier molecular flexibility index (Phi) is 5.81. The fourth-order valence-corrected chi connectivity index (χ4v) is 5.32. The molecule has 2 aromatic rings. The third kappa shape index (κ3) is 3.46. The third-order valence-electron chi connectivity index (χ3n) is 6.67. The lowest BCUT2D eigenvalue weighted by Crippen LogP contribution is -2.43. The number of nitrogens with one attached hydrogen (secondary N) is 1. The summed E-state index contributed by atoms with van der Waals surface area (Å²) in [6, 6.07) is 6.92. The minimum Gasteiger partial charge on any atom is -0.493 e. The maximum atomic E-state index is 13.1. The number of hydrogen-bond acceptors (Lipinski definition) is 8. The van der Waals surface area contributed by atoms with Crippen LogP contribution in [0, 0.1) is 11.8 Å². The van der Waals surface area contributed by atoms with Crippen LogP contribution in [0.15, 0.2) is 24.3 Å². The Morgan fingerprint density at radius 3 is 2.24 bits per heavy atom. The summed E-state index contributed by atoms with van der Waals surface area (Å²) in [5, 5.41) is 2.97. The Hall–Kier alpha value is -3.33. The Morgan fingerprint density at radius 1 is 1.00 bits per heavy atom. The fourth-order valence-electron chi connectivity index (χ4n) is 5.24. The molecule has 2 heterocycles. The third-order valence-corrected chi connectivity index (χ3v) is 6.91. The van der Waals surface area contributed by atoms with E-state index in [0.29, 0.717) is 28.7 Å². The monoisotopic (exact) mass is 489 g/mol. The van der Waals surface area contributed by atoms with Crippen LogP contribution >= 0.6 is 11.6 Å². The highest BCUT2D eigenvalue weighted by Gasteiger charge is 2.53. The van der Waals surface area contributed by atoms with Crippen molar-refractivity contribution in [2.24, 2.45) is 11.8 Å². The van der Waals surface area contributed by atoms with Gasteiger partial charge in [-0.1, -0.05) is 0 Å². The standard InChI is InChI=1S/C24H24ClNO8/c1-29-17-4-11(5-18(30-2)23(17)31-3)20-12-6-15-16(34-10-33-15)7-13(12)22(26-19(27)8-25)14-9-32-24(28)21(14)20/h4-7,14,20-22H,8-10H2,1-3H3,(H,26,27)/t14-,20+,21+,22-/m1/s1. The summed E-state index contributed by atoms with van der Waals surface area (Å²) in [5.41, 5.74) is 2.42. The molecule has 0 saturated carbocycles. The van der Waals surface area contributed by atoms with Gasteiger partial charge in [0, 0.05) is 11.8 Å². The zero-order chi connectivity index (χ0) is 24.0. The van der Waals surface area contributed by atoms with Gasteiger partial charge >= 0.3 is 5.97 Å². The Bertz CT molecular complexity index is 1130. The first-order valence-corrected chi connectivity index (χ1v) is 11.3. The van der Waals surface area contributed by atoms with Gasteiger partial charge < -0.3 is 33.7 Å². The highest BCUT2D eigenvalue weighted by atomic mass is 35.5. The summed E-state index contributed by atoms with van der Waals surface area (Å²) in [6.07, 6.45) is 0. The number of methoxy groups -OCH3 is 3. The van der Waals surface area contributed by atoms with Crippen LogP contribution in [0.2, 0.25) is 0 Å². The quantitative estimate of drug-likeness (QED) is 0.488. The molecular formula is C24H24ClNO8. The van der Waals surface area contributed by atoms with Gasteiger partial charge in [0.2, 0.25) is 18.4 Å². The van der Waals surface area contributed by atoms with Gasteiger partial charge in [0.05, 0.1) is 39.9 Å². The van der Waals surface area contributed by atoms with Crippen molar-refractivity contribution in [2.75, 3.05) is 40.6 Å². The molecule has 9 nitrogen and oxygen atoms in total. The summed E-state index contributed by atoms with van der Waals surface area (Å²) in [4.78, 5) is 25.4. The van der Waals surface area contributed by atoms with Gasteiger partial charge in [0.15, 0.2) is 23.0 Å². The zero-order valence-corrected chi connectivity index (χ0v) is 19.6. The SMILES string of the molecule is COc1cc([C@H]2c3cc4c(cc3[C@@H](NC(=O)CCl)[C@@H]3COC(=O)[C@H]23)OCO4)cc(OC)c1OC. The van der Waals surface area contributed by atoms with Gasteiger partial charge in [-0.25, -0.2) is 0 Å². The fraction of sp³-hybridized carbons (Fsp3) is 0.417. The van der Waals surface area contributed by atoms with Crippen LogP contribution in [0.1, 0.15) is 28.7 Å². The second-order valence-electron chi connectivity index (χ2n) is 8.27. The number of carbonyl (C=O) groups is 2. The number of benzene rings is 2. The Morgan fingerprint density at radius 2 is 1.65 bits per heavy atom. The first-order chi connectivity index (χ1) is 16.5. The molecule has 5 rings (SSSR count). The van der Waals surface area contributed by atoms with E-state index in [4.69, 9.17) is 40.0 Å². The highest BCUT2D eigenvalue weighted by molar-refractivity contribution is 6.27. The molecule has 0 radical (unpaired) electrons. The molecule has 2 aliphatic heterocycles. The average Bonchev–Trinajstić information content (AvgIpc) is 3.48. The van der Waals surface area contributed by atoms with Gasteiger partial charge in [0.1, 0.15) is 5.88 Å². The number of carbonyl (C=O) groups excluding carboxylic acids is 2. The summed E-state index contributed by atoms with van der Waals surface area (Å²) in [6.45, 7) is 0.270. The highest BCUT2D eigenvalue weighted by Crippen LogP contribution is 2.55. The number of rotatable bonds is 6. The first kappa shape index (κ1) is 22.5. The number of fused-ring (bicyclic) bond motifs is 3. The van der Waals surface area contributed by atoms with Crippen LogP contribution in [0.5, 0.6) is 28.7 Å². The summed E-state index contributed by atoms with van der Waals surface area (Å²) in [7, 11) is 4.61. The minimum absolute atomic E-state index is 0.0979. The molecule has 1 N–H and O–H groups in total. The molecule has 4 atom stereocenters. The number of cyclic esters (lactones) is 1. The van der Waals surface area contributed by atoms with Crippen molar-refractivity contribution in [1.29, 1.82) is 0 Å². The van der Waals surface area contributed by atoms with Crippen molar-refractivity contribution < 1.29 is 38.0 Å². The molecule has 2 aromatic carbocycles. The van der Waals surface area contributed by atoms with Crippen molar-refractivity contribution in [3.63, 3.8) is 0 Å². The molecule has 3 aliphatic rings. The second-order valence-corrected chi connectivity index (χ2v) is 8.54. The molecule has 1 fully saturated rings. The smallest absolute Gasteiger partial charge is 0.310 e. The van der Waals surface area contributed by atoms with Crippen molar-refractivity contribution in [1.82, 2.24) is 5.32 Å². The summed E-state index contributed by atoms with van der Waals surface area (Å²) in [5.74, 6) is 0.401. The molecule has 0 unspecified atom stereocenters. The lowest BCUT2D eigenvalue weighted by atomic mass is 9.65. The number of hydrogen-bond donors (Lipinski definition) is 1. The van der Waals surface area contributed by atoms with Gasteiger partial charge in [-0.15, -0.1) is 11.6 Å². The molecule has 1 saturated heterocycles. The molecule has 1 amide bonds. The number of esters is 1. The molecule has 0 bridgehead atoms. The Labute approximate surface area is 201 Å². The van der Waals surface area contributed by atoms with E-state index in [-0.39, 0.29) is 37.1 Å². The normalized spacial score (nSPS) is 24.1. The predicted molar refractivity (Wildman–Crippen MR) is 120 cm³/mol. The topological polar surface area (TPSA) is 102 Å². The van der Waals surface area contributed by atoms with Crippen molar-refractivity contribution in [3.05, 3.63) is 41.0 Å². The van der Waals surface area contributed by atoms with E-state index in [1.54, 1.807) is 0 Å². The molecular weight excluding hydrogens is 466 g/mol. The number of halogens is 1. The second kappa shape index (κ2) is 8.79. The lowest BCUT2D eigenvalue weighted by Gasteiger charge is -2.39. The molecule has 180 valence electrons. The van der Waals surface area contributed by atoms with Crippen LogP contribution in [0.4, 0.5) is 0 Å². The van der Waals surface area contributed by atoms with E-state index in [9.17, 15) is 9.59 Å². The lowest BCUT2D eigenvalue weighted by molar-refractivity contribution is -0.141. The predicted octanol–water partition coefficient (Wildman–Crippen LogP) is 2.77. The van der Waals surface area contributed by atoms with Gasteiger partial charge in [-0.05, 0) is 41.0 Å². The van der Waals surface area contributed by atoms with Crippen LogP contribution in [0.3, 0.4) is 0 Å². The zero-order valence-electron chi connectivity index (χ0n) is 18.9. The molecule has 0 aromatic heterocycles. The number of ether oxygens (including phenoxy) is 6. The van der Waals surface area contributed by atoms with E-state index in [0.717, 1.165) is 16.7 Å². The van der Waals surface area contributed by atoms with E-state index >= 15 is 0 Å². The maximum absolute atomic E-state index is 13.1. The van der Waals surface area contributed by atoms with Crippen LogP contribution < -0.4 is 29.0 Å². The van der Waals surface area contributed by atoms with Crippen LogP contribution in [0.25, 0.3) is 0 Å². The number of amides is 1. The van der Waals surface area contributed by atoms with E-state index < -0.39 is 17.9 Å². The van der Waals surface area contributed by atoms with Gasteiger partial charge in [0.25, 0.3) is 0 Å². The van der Waals surface area contributed by atoms with Crippen molar-refractivity contribution >= 4 is 23.5 Å². The molecule has 10 heteroatoms. The van der Waals surface area contributed by atoms with Crippen molar-refractivity contribution in [2.45, 2.75) is 12.0 Å². The molecule has 34 heavy (non-hydrogen) atoms. The van der Waals surface area contributed by atoms with E-state index in [1.165, 1.54) is 21.3 Å². The van der Waals surface area contributed by atoms with E-state index in [2.05, 4.69) is 5.32 Å². The molecule has 0 spiro atoms. The summed E-state index contributed by atoms with van der Waals surface area (Å²) < 4.78 is 33.3. The van der Waals surface area contributed by atoms with E-state index in [1.807, 2.05) is 24.3 Å². The van der Waals surface area contributed by atoms with Gasteiger partial charge in [-0.2, -0.15) is 0 Å². The van der Waals surface area contributed by atoms with Gasteiger partial charge in [-0.3, -0.25) is 9.59 Å². The average molecular weight is 490 g/mol. The minimum atomic E-state index is -0.559. The largest absolute Gasteiger partial charge is 0.493 e.